The van der Waals surface area contributed by atoms with E-state index < -0.39 is 42.7 Å². The van der Waals surface area contributed by atoms with E-state index in [9.17, 15) is 31.1 Å². The van der Waals surface area contributed by atoms with Crippen molar-refractivity contribution >= 4 is 28.9 Å². The molecule has 0 unspecified atom stereocenters. The number of carbonyl (C=O) groups is 1. The molecule has 0 bridgehead atoms. The number of alkyl halides is 6. The number of rotatable bonds is 9. The van der Waals surface area contributed by atoms with Gasteiger partial charge in [-0.2, -0.15) is 26.3 Å². The number of hydrogen-bond donors (Lipinski definition) is 0. The van der Waals surface area contributed by atoms with Gasteiger partial charge >= 0.3 is 18.4 Å². The van der Waals surface area contributed by atoms with Gasteiger partial charge in [-0.15, -0.1) is 11.3 Å². The third-order valence-electron chi connectivity index (χ3n) is 5.55. The van der Waals surface area contributed by atoms with Crippen molar-refractivity contribution < 1.29 is 40.6 Å². The van der Waals surface area contributed by atoms with Crippen molar-refractivity contribution in [2.75, 3.05) is 6.61 Å². The summed E-state index contributed by atoms with van der Waals surface area (Å²) in [4.78, 5) is 16.9. The maximum atomic E-state index is 14.0. The number of nitrogens with zero attached hydrogens (tertiary/aromatic N) is 2. The van der Waals surface area contributed by atoms with Crippen LogP contribution in [0.5, 0.6) is 5.75 Å². The Kier molecular flexibility index (Phi) is 9.24. The van der Waals surface area contributed by atoms with Gasteiger partial charge in [0.05, 0.1) is 22.9 Å². The van der Waals surface area contributed by atoms with E-state index in [0.29, 0.717) is 21.1 Å². The van der Waals surface area contributed by atoms with Gasteiger partial charge < -0.3 is 9.47 Å². The summed E-state index contributed by atoms with van der Waals surface area (Å²) in [5.74, 6) is -0.513. The molecule has 13 heteroatoms. The second-order valence-corrected chi connectivity index (χ2v) is 10.5. The van der Waals surface area contributed by atoms with Crippen LogP contribution in [0.15, 0.2) is 42.5 Å². The fourth-order valence-electron chi connectivity index (χ4n) is 3.48. The molecular formula is C26H25ClF6N2O3S. The molecule has 0 saturated heterocycles. The molecule has 2 aromatic carbocycles. The lowest BCUT2D eigenvalue weighted by Crippen LogP contribution is -2.39. The van der Waals surface area contributed by atoms with Gasteiger partial charge in [-0.25, -0.2) is 14.7 Å². The molecule has 39 heavy (non-hydrogen) atoms. The smallest absolute Gasteiger partial charge is 0.460 e. The number of benzene rings is 2. The van der Waals surface area contributed by atoms with Gasteiger partial charge in [-0.1, -0.05) is 29.8 Å². The highest BCUT2D eigenvalue weighted by atomic mass is 35.5. The Morgan fingerprint density at radius 1 is 1.03 bits per heavy atom. The molecule has 0 atom stereocenters. The molecule has 0 spiro atoms. The molecule has 3 aromatic rings. The molecule has 0 fully saturated rings. The second-order valence-electron chi connectivity index (χ2n) is 9.02. The predicted octanol–water partition coefficient (Wildman–Crippen LogP) is 8.03. The first-order valence-electron chi connectivity index (χ1n) is 11.6. The summed E-state index contributed by atoms with van der Waals surface area (Å²) in [7, 11) is 0. The van der Waals surface area contributed by atoms with E-state index in [1.54, 1.807) is 13.8 Å². The Labute approximate surface area is 230 Å². The van der Waals surface area contributed by atoms with Crippen LogP contribution in [0.1, 0.15) is 42.5 Å². The number of aryl methyl sites for hydroxylation is 1. The summed E-state index contributed by atoms with van der Waals surface area (Å²) in [5, 5.41) is 0.331. The highest BCUT2D eigenvalue weighted by Gasteiger charge is 2.38. The average Bonchev–Trinajstić information content (AvgIpc) is 3.19. The zero-order valence-corrected chi connectivity index (χ0v) is 22.9. The summed E-state index contributed by atoms with van der Waals surface area (Å²) < 4.78 is 91.0. The molecule has 0 radical (unpaired) electrons. The third-order valence-corrected chi connectivity index (χ3v) is 7.03. The van der Waals surface area contributed by atoms with E-state index in [0.717, 1.165) is 23.5 Å². The number of thiazole rings is 1. The van der Waals surface area contributed by atoms with Gasteiger partial charge in [0.2, 0.25) is 0 Å². The number of hydrogen-bond acceptors (Lipinski definition) is 6. The molecule has 0 amide bonds. The van der Waals surface area contributed by atoms with Gasteiger partial charge in [0, 0.05) is 23.5 Å². The lowest BCUT2D eigenvalue weighted by Gasteiger charge is -2.26. The number of carbonyl (C=O) groups excluding carboxylic acids is 1. The molecular weight excluding hydrogens is 570 g/mol. The SMILES string of the molecule is CCOC(=O)C(C)(C)Oc1ccc(CN(Cc2sc(-c3ccc(C(F)(F)F)cc3)nc2C)C(F)(F)F)cc1Cl. The van der Waals surface area contributed by atoms with Crippen LogP contribution in [0.2, 0.25) is 5.02 Å². The number of halogens is 7. The normalized spacial score (nSPS) is 12.6. The van der Waals surface area contributed by atoms with Crippen molar-refractivity contribution in [3.63, 3.8) is 0 Å². The highest BCUT2D eigenvalue weighted by Crippen LogP contribution is 2.36. The Balaban J connectivity index is 1.79. The Morgan fingerprint density at radius 3 is 2.21 bits per heavy atom. The van der Waals surface area contributed by atoms with E-state index in [2.05, 4.69) is 4.98 Å². The average molecular weight is 595 g/mol. The molecule has 0 aliphatic rings. The van der Waals surface area contributed by atoms with Crippen LogP contribution < -0.4 is 4.74 Å². The maximum absolute atomic E-state index is 14.0. The zero-order valence-electron chi connectivity index (χ0n) is 21.3. The van der Waals surface area contributed by atoms with Gasteiger partial charge in [0.1, 0.15) is 10.8 Å². The highest BCUT2D eigenvalue weighted by molar-refractivity contribution is 7.15. The molecule has 3 rings (SSSR count). The number of esters is 1. The lowest BCUT2D eigenvalue weighted by molar-refractivity contribution is -0.253. The molecule has 0 aliphatic carbocycles. The largest absolute Gasteiger partial charge is 0.475 e. The number of aromatic nitrogens is 1. The van der Waals surface area contributed by atoms with Crippen LogP contribution in [-0.2, 0) is 28.8 Å². The standard InChI is InChI=1S/C26H25ClF6N2O3S/c1-5-37-23(36)24(3,4)38-20-11-6-16(12-19(20)27)13-35(26(31,32)33)14-21-15(2)34-22(39-21)17-7-9-18(10-8-17)25(28,29)30/h6-12H,5,13-14H2,1-4H3. The molecule has 0 aliphatic heterocycles. The van der Waals surface area contributed by atoms with Crippen LogP contribution in [0.25, 0.3) is 10.6 Å². The molecule has 0 N–H and O–H groups in total. The van der Waals surface area contributed by atoms with Crippen molar-refractivity contribution in [1.29, 1.82) is 0 Å². The fraction of sp³-hybridized carbons (Fsp3) is 0.385. The van der Waals surface area contributed by atoms with Crippen LogP contribution in [0.4, 0.5) is 26.3 Å². The van der Waals surface area contributed by atoms with E-state index in [-0.39, 0.29) is 27.8 Å². The Hall–Kier alpha value is -2.83. The first-order chi connectivity index (χ1) is 18.0. The predicted molar refractivity (Wildman–Crippen MR) is 135 cm³/mol. The van der Waals surface area contributed by atoms with Crippen molar-refractivity contribution in [3.05, 3.63) is 69.2 Å². The van der Waals surface area contributed by atoms with Crippen LogP contribution >= 0.6 is 22.9 Å². The van der Waals surface area contributed by atoms with Gasteiger partial charge in [-0.05, 0) is 57.5 Å². The Morgan fingerprint density at radius 2 is 1.67 bits per heavy atom. The van der Waals surface area contributed by atoms with E-state index in [1.165, 1.54) is 44.2 Å². The summed E-state index contributed by atoms with van der Waals surface area (Å²) in [6, 6.07) is 8.40. The van der Waals surface area contributed by atoms with Crippen molar-refractivity contribution in [3.8, 4) is 16.3 Å². The van der Waals surface area contributed by atoms with Crippen LogP contribution in [0, 0.1) is 6.92 Å². The minimum atomic E-state index is -4.71. The van der Waals surface area contributed by atoms with Crippen LogP contribution in [-0.4, -0.2) is 34.4 Å². The Bertz CT molecular complexity index is 1310. The summed E-state index contributed by atoms with van der Waals surface area (Å²) in [5.41, 5.74) is -1.25. The van der Waals surface area contributed by atoms with E-state index in [4.69, 9.17) is 21.1 Å². The van der Waals surface area contributed by atoms with Gasteiger partial charge in [0.25, 0.3) is 0 Å². The molecule has 5 nitrogen and oxygen atoms in total. The maximum Gasteiger partial charge on any atom is 0.460 e. The van der Waals surface area contributed by atoms with Crippen molar-refractivity contribution in [1.82, 2.24) is 9.88 Å². The number of ether oxygens (including phenoxy) is 2. The zero-order chi connectivity index (χ0) is 29.2. The topological polar surface area (TPSA) is 51.7 Å². The van der Waals surface area contributed by atoms with Gasteiger partial charge in [0.15, 0.2) is 5.60 Å². The summed E-state index contributed by atoms with van der Waals surface area (Å²) in [6.07, 6.45) is -9.21. The molecule has 0 saturated carbocycles. The van der Waals surface area contributed by atoms with Gasteiger partial charge in [-0.3, -0.25) is 0 Å². The molecule has 212 valence electrons. The minimum Gasteiger partial charge on any atom is -0.475 e. The van der Waals surface area contributed by atoms with Crippen molar-refractivity contribution in [2.45, 2.75) is 58.9 Å². The summed E-state index contributed by atoms with van der Waals surface area (Å²) in [6.45, 7) is 5.23. The summed E-state index contributed by atoms with van der Waals surface area (Å²) >= 11 is 7.23. The van der Waals surface area contributed by atoms with Crippen molar-refractivity contribution in [2.24, 2.45) is 0 Å². The fourth-order valence-corrected chi connectivity index (χ4v) is 4.80. The molecule has 1 heterocycles. The second kappa shape index (κ2) is 11.7. The molecule has 1 aromatic heterocycles. The van der Waals surface area contributed by atoms with E-state index >= 15 is 0 Å². The van der Waals surface area contributed by atoms with Crippen LogP contribution in [0.3, 0.4) is 0 Å². The quantitative estimate of drug-likeness (QED) is 0.143. The lowest BCUT2D eigenvalue weighted by atomic mass is 10.1. The minimum absolute atomic E-state index is 0.0190. The first-order valence-corrected chi connectivity index (χ1v) is 12.8. The third kappa shape index (κ3) is 7.86. The monoisotopic (exact) mass is 594 g/mol. The van der Waals surface area contributed by atoms with E-state index in [1.807, 2.05) is 0 Å². The first kappa shape index (κ1) is 30.7.